The minimum atomic E-state index is 0.294. The molecule has 1 N–H and O–H groups in total. The second kappa shape index (κ2) is 8.99. The van der Waals surface area contributed by atoms with Crippen molar-refractivity contribution in [3.8, 4) is 5.88 Å². The van der Waals surface area contributed by atoms with Gasteiger partial charge in [-0.3, -0.25) is 9.67 Å². The number of oxime groups is 1. The van der Waals surface area contributed by atoms with Crippen LogP contribution < -0.4 is 4.74 Å². The van der Waals surface area contributed by atoms with Crippen molar-refractivity contribution in [2.24, 2.45) is 12.2 Å². The summed E-state index contributed by atoms with van der Waals surface area (Å²) >= 11 is 0. The lowest BCUT2D eigenvalue weighted by atomic mass is 9.93. The first kappa shape index (κ1) is 19.4. The number of aromatic nitrogens is 3. The highest BCUT2D eigenvalue weighted by Crippen LogP contribution is 2.28. The smallest absolute Gasteiger partial charge is 0.241 e. The first-order valence-corrected chi connectivity index (χ1v) is 9.07. The molecule has 1 unspecified atom stereocenters. The number of pyridine rings is 1. The fourth-order valence-electron chi connectivity index (χ4n) is 3.00. The summed E-state index contributed by atoms with van der Waals surface area (Å²) in [5, 5.41) is 16.0. The van der Waals surface area contributed by atoms with E-state index in [4.69, 9.17) is 9.94 Å². The van der Waals surface area contributed by atoms with Crippen LogP contribution in [0.2, 0.25) is 0 Å². The fraction of sp³-hybridized carbons (Fsp3) is 0.227. The molecule has 28 heavy (non-hydrogen) atoms. The molecule has 1 aliphatic carbocycles. The van der Waals surface area contributed by atoms with Gasteiger partial charge in [0, 0.05) is 31.1 Å². The van der Waals surface area contributed by atoms with E-state index in [1.165, 1.54) is 6.21 Å². The van der Waals surface area contributed by atoms with Gasteiger partial charge in [-0.1, -0.05) is 42.1 Å². The van der Waals surface area contributed by atoms with Crippen molar-refractivity contribution in [3.63, 3.8) is 0 Å². The van der Waals surface area contributed by atoms with E-state index in [2.05, 4.69) is 52.2 Å². The van der Waals surface area contributed by atoms with E-state index < -0.39 is 0 Å². The highest BCUT2D eigenvalue weighted by Gasteiger charge is 2.15. The Morgan fingerprint density at radius 1 is 1.46 bits per heavy atom. The molecule has 0 fully saturated rings. The molecule has 0 spiro atoms. The SMILES string of the molecule is C=C/C(=C\C=NO)c1cn(C)nc1OCC1=CCC(c2ccc(C)cn2)C=C1. The summed E-state index contributed by atoms with van der Waals surface area (Å²) in [6.07, 6.45) is 15.7. The number of hydrogen-bond acceptors (Lipinski definition) is 5. The lowest BCUT2D eigenvalue weighted by Gasteiger charge is -2.16. The second-order valence-corrected chi connectivity index (χ2v) is 6.64. The van der Waals surface area contributed by atoms with Gasteiger partial charge in [0.2, 0.25) is 5.88 Å². The van der Waals surface area contributed by atoms with E-state index in [0.717, 1.165) is 34.4 Å². The van der Waals surface area contributed by atoms with Crippen LogP contribution in [0.15, 0.2) is 72.2 Å². The normalized spacial score (nSPS) is 17.0. The minimum Gasteiger partial charge on any atom is -0.471 e. The molecule has 0 radical (unpaired) electrons. The van der Waals surface area contributed by atoms with E-state index >= 15 is 0 Å². The third-order valence-electron chi connectivity index (χ3n) is 4.51. The van der Waals surface area contributed by atoms with E-state index in [9.17, 15) is 0 Å². The van der Waals surface area contributed by atoms with Crippen LogP contribution in [0.1, 0.15) is 29.2 Å². The van der Waals surface area contributed by atoms with Gasteiger partial charge in [-0.05, 0) is 42.2 Å². The Balaban J connectivity index is 1.66. The van der Waals surface area contributed by atoms with Crippen molar-refractivity contribution < 1.29 is 9.94 Å². The van der Waals surface area contributed by atoms with Gasteiger partial charge in [0.25, 0.3) is 0 Å². The number of nitrogens with zero attached hydrogens (tertiary/aromatic N) is 4. The van der Waals surface area contributed by atoms with Gasteiger partial charge in [-0.25, -0.2) is 0 Å². The number of rotatable bonds is 7. The first-order valence-electron chi connectivity index (χ1n) is 9.07. The van der Waals surface area contributed by atoms with E-state index in [1.807, 2.05) is 26.4 Å². The maximum atomic E-state index is 8.64. The zero-order chi connectivity index (χ0) is 19.9. The molecule has 0 saturated heterocycles. The molecule has 2 aromatic rings. The summed E-state index contributed by atoms with van der Waals surface area (Å²) in [6, 6.07) is 4.17. The Labute approximate surface area is 164 Å². The van der Waals surface area contributed by atoms with E-state index in [-0.39, 0.29) is 0 Å². The molecule has 144 valence electrons. The summed E-state index contributed by atoms with van der Waals surface area (Å²) < 4.78 is 7.64. The van der Waals surface area contributed by atoms with E-state index in [0.29, 0.717) is 18.4 Å². The average Bonchev–Trinajstić information content (AvgIpc) is 3.08. The Bertz CT molecular complexity index is 949. The molecule has 0 aromatic carbocycles. The highest BCUT2D eigenvalue weighted by atomic mass is 16.5. The largest absolute Gasteiger partial charge is 0.471 e. The molecular formula is C22H24N4O2. The Kier molecular flexibility index (Phi) is 6.22. The van der Waals surface area contributed by atoms with Crippen LogP contribution in [0.25, 0.3) is 5.57 Å². The van der Waals surface area contributed by atoms with Crippen LogP contribution in [-0.2, 0) is 7.05 Å². The molecule has 2 aromatic heterocycles. The predicted molar refractivity (Wildman–Crippen MR) is 111 cm³/mol. The number of hydrogen-bond donors (Lipinski definition) is 1. The van der Waals surface area contributed by atoms with Gasteiger partial charge in [-0.2, -0.15) is 0 Å². The molecule has 3 rings (SSSR count). The van der Waals surface area contributed by atoms with Gasteiger partial charge >= 0.3 is 0 Å². The van der Waals surface area contributed by atoms with Crippen LogP contribution in [0.3, 0.4) is 0 Å². The summed E-state index contributed by atoms with van der Waals surface area (Å²) in [4.78, 5) is 4.52. The molecule has 0 bridgehead atoms. The number of ether oxygens (including phenoxy) is 1. The second-order valence-electron chi connectivity index (χ2n) is 6.64. The van der Waals surface area contributed by atoms with Crippen LogP contribution in [0, 0.1) is 6.92 Å². The van der Waals surface area contributed by atoms with Crippen molar-refractivity contribution in [1.29, 1.82) is 0 Å². The summed E-state index contributed by atoms with van der Waals surface area (Å²) in [5.41, 5.74) is 4.90. The summed E-state index contributed by atoms with van der Waals surface area (Å²) in [7, 11) is 1.83. The first-order chi connectivity index (χ1) is 13.6. The maximum absolute atomic E-state index is 8.64. The van der Waals surface area contributed by atoms with Gasteiger partial charge in [0.15, 0.2) is 0 Å². The maximum Gasteiger partial charge on any atom is 0.241 e. The Hall–Kier alpha value is -3.41. The average molecular weight is 376 g/mol. The van der Waals surface area contributed by atoms with Crippen LogP contribution in [0.4, 0.5) is 0 Å². The van der Waals surface area contributed by atoms with Gasteiger partial charge in [0.05, 0.1) is 11.8 Å². The summed E-state index contributed by atoms with van der Waals surface area (Å²) in [6.45, 7) is 6.26. The van der Waals surface area contributed by atoms with Crippen molar-refractivity contribution in [3.05, 3.63) is 83.9 Å². The van der Waals surface area contributed by atoms with Crippen molar-refractivity contribution >= 4 is 11.8 Å². The molecule has 2 heterocycles. The zero-order valence-corrected chi connectivity index (χ0v) is 16.1. The van der Waals surface area contributed by atoms with Crippen LogP contribution in [0.5, 0.6) is 5.88 Å². The third kappa shape index (κ3) is 4.65. The lowest BCUT2D eigenvalue weighted by Crippen LogP contribution is -2.07. The van der Waals surface area contributed by atoms with Crippen molar-refractivity contribution in [2.45, 2.75) is 19.3 Å². The Morgan fingerprint density at radius 2 is 2.32 bits per heavy atom. The topological polar surface area (TPSA) is 72.5 Å². The molecular weight excluding hydrogens is 352 g/mol. The van der Waals surface area contributed by atoms with Crippen molar-refractivity contribution in [1.82, 2.24) is 14.8 Å². The van der Waals surface area contributed by atoms with Gasteiger partial charge < -0.3 is 9.94 Å². The molecule has 1 atom stereocenters. The fourth-order valence-corrected chi connectivity index (χ4v) is 3.00. The molecule has 1 aliphatic rings. The number of aryl methyl sites for hydroxylation is 2. The quantitative estimate of drug-likeness (QED) is 0.340. The highest BCUT2D eigenvalue weighted by molar-refractivity contribution is 5.89. The van der Waals surface area contributed by atoms with Crippen molar-refractivity contribution in [2.75, 3.05) is 6.61 Å². The molecule has 0 saturated carbocycles. The molecule has 0 amide bonds. The standard InChI is InChI=1S/C22H24N4O2/c1-4-18(11-12-24-27)20-14-26(3)25-22(20)28-15-17-6-8-19(9-7-17)21-10-5-16(2)13-23-21/h4-8,10-14,19,27H,1,9,15H2,2-3H3/b18-11+,24-12?. The minimum absolute atomic E-state index is 0.294. The molecule has 6 nitrogen and oxygen atoms in total. The van der Waals surface area contributed by atoms with Crippen LogP contribution in [-0.4, -0.2) is 32.8 Å². The number of allylic oxidation sites excluding steroid dienone is 5. The van der Waals surface area contributed by atoms with Crippen LogP contribution >= 0.6 is 0 Å². The lowest BCUT2D eigenvalue weighted by molar-refractivity contribution is 0.322. The third-order valence-corrected chi connectivity index (χ3v) is 4.51. The molecule has 0 aliphatic heterocycles. The molecule has 6 heteroatoms. The van der Waals surface area contributed by atoms with Gasteiger partial charge in [-0.15, -0.1) is 5.10 Å². The Morgan fingerprint density at radius 3 is 2.96 bits per heavy atom. The van der Waals surface area contributed by atoms with E-state index in [1.54, 1.807) is 16.8 Å². The monoisotopic (exact) mass is 376 g/mol. The summed E-state index contributed by atoms with van der Waals surface area (Å²) in [5.74, 6) is 0.805. The predicted octanol–water partition coefficient (Wildman–Crippen LogP) is 4.20. The van der Waals surface area contributed by atoms with Gasteiger partial charge in [0.1, 0.15) is 6.61 Å². The zero-order valence-electron chi connectivity index (χ0n) is 16.1.